The molecule has 0 aliphatic rings. The Morgan fingerprint density at radius 1 is 0.714 bits per heavy atom. The van der Waals surface area contributed by atoms with E-state index in [0.717, 1.165) is 0 Å². The molecule has 8 heteroatoms. The van der Waals surface area contributed by atoms with Gasteiger partial charge in [-0.25, -0.2) is 9.59 Å². The summed E-state index contributed by atoms with van der Waals surface area (Å²) in [5.74, 6) is -3.28. The first kappa shape index (κ1) is 13.6. The SMILES string of the molecule is O=C(O)C(=C(Cl)Cl)C(C(=O)O)=C(Cl)Cl. The van der Waals surface area contributed by atoms with Gasteiger partial charge in [-0.2, -0.15) is 0 Å². The molecule has 0 amide bonds. The van der Waals surface area contributed by atoms with Crippen molar-refractivity contribution in [2.75, 3.05) is 0 Å². The van der Waals surface area contributed by atoms with E-state index >= 15 is 0 Å². The van der Waals surface area contributed by atoms with Crippen LogP contribution in [0.15, 0.2) is 20.1 Å². The summed E-state index contributed by atoms with van der Waals surface area (Å²) in [6.45, 7) is 0. The molecule has 2 N–H and O–H groups in total. The molecule has 4 nitrogen and oxygen atoms in total. The van der Waals surface area contributed by atoms with Crippen LogP contribution >= 0.6 is 46.4 Å². The number of carbonyl (C=O) groups is 2. The van der Waals surface area contributed by atoms with Crippen LogP contribution in [0.25, 0.3) is 0 Å². The minimum absolute atomic E-state index is 0.742. The van der Waals surface area contributed by atoms with Gasteiger partial charge in [-0.05, 0) is 0 Å². The van der Waals surface area contributed by atoms with Crippen LogP contribution in [0.2, 0.25) is 0 Å². The highest BCUT2D eigenvalue weighted by Crippen LogP contribution is 2.27. The van der Waals surface area contributed by atoms with Gasteiger partial charge >= 0.3 is 11.9 Å². The molecule has 0 aliphatic heterocycles. The van der Waals surface area contributed by atoms with Gasteiger partial charge in [-0.1, -0.05) is 46.4 Å². The van der Waals surface area contributed by atoms with Gasteiger partial charge in [0.15, 0.2) is 0 Å². The molecule has 0 aromatic heterocycles. The highest BCUT2D eigenvalue weighted by Gasteiger charge is 2.25. The van der Waals surface area contributed by atoms with Crippen molar-refractivity contribution >= 4 is 58.3 Å². The molecular formula is C6H2Cl4O4. The number of aliphatic carboxylic acids is 2. The normalized spacial score (nSPS) is 9.14. The third-order valence-electron chi connectivity index (χ3n) is 1.06. The Bertz CT molecular complexity index is 302. The molecule has 0 spiro atoms. The fourth-order valence-corrected chi connectivity index (χ4v) is 1.27. The van der Waals surface area contributed by atoms with Crippen molar-refractivity contribution in [2.45, 2.75) is 0 Å². The van der Waals surface area contributed by atoms with Crippen molar-refractivity contribution in [3.8, 4) is 0 Å². The zero-order valence-electron chi connectivity index (χ0n) is 6.22. The maximum Gasteiger partial charge on any atom is 0.339 e. The van der Waals surface area contributed by atoms with E-state index in [4.69, 9.17) is 56.6 Å². The second kappa shape index (κ2) is 5.46. The Morgan fingerprint density at radius 3 is 1.00 bits per heavy atom. The minimum Gasteiger partial charge on any atom is -0.478 e. The topological polar surface area (TPSA) is 74.6 Å². The zero-order chi connectivity index (χ0) is 11.5. The van der Waals surface area contributed by atoms with Gasteiger partial charge in [0.05, 0.1) is 0 Å². The van der Waals surface area contributed by atoms with Gasteiger partial charge in [0.1, 0.15) is 20.1 Å². The smallest absolute Gasteiger partial charge is 0.339 e. The molecule has 14 heavy (non-hydrogen) atoms. The van der Waals surface area contributed by atoms with Gasteiger partial charge in [0.2, 0.25) is 0 Å². The minimum atomic E-state index is -1.64. The van der Waals surface area contributed by atoms with Crippen molar-refractivity contribution in [3.63, 3.8) is 0 Å². The first-order chi connectivity index (χ1) is 6.29. The highest BCUT2D eigenvalue weighted by molar-refractivity contribution is 6.60. The first-order valence-corrected chi connectivity index (χ1v) is 4.37. The summed E-state index contributed by atoms with van der Waals surface area (Å²) < 4.78 is -1.48. The molecule has 0 heterocycles. The number of rotatable bonds is 3. The summed E-state index contributed by atoms with van der Waals surface area (Å²) in [6.07, 6.45) is 0. The number of halogens is 4. The lowest BCUT2D eigenvalue weighted by molar-refractivity contribution is -0.136. The molecule has 0 rings (SSSR count). The summed E-state index contributed by atoms with van der Waals surface area (Å²) in [5, 5.41) is 17.1. The third kappa shape index (κ3) is 3.38. The largest absolute Gasteiger partial charge is 0.478 e. The second-order valence-electron chi connectivity index (χ2n) is 1.88. The summed E-state index contributed by atoms with van der Waals surface area (Å²) in [7, 11) is 0. The van der Waals surface area contributed by atoms with E-state index in [9.17, 15) is 9.59 Å². The lowest BCUT2D eigenvalue weighted by Crippen LogP contribution is -2.12. The van der Waals surface area contributed by atoms with Gasteiger partial charge in [-0.3, -0.25) is 0 Å². The van der Waals surface area contributed by atoms with Gasteiger partial charge in [-0.15, -0.1) is 0 Å². The quantitative estimate of drug-likeness (QED) is 0.615. The van der Waals surface area contributed by atoms with E-state index in [1.54, 1.807) is 0 Å². The van der Waals surface area contributed by atoms with Crippen molar-refractivity contribution in [3.05, 3.63) is 20.1 Å². The standard InChI is InChI=1S/C6H2Cl4O4/c7-3(8)1(5(11)12)2(4(9)10)6(13)14/h(H,11,12)(H,13,14). The predicted octanol–water partition coefficient (Wildman–Crippen LogP) is 2.53. The van der Waals surface area contributed by atoms with Crippen molar-refractivity contribution in [1.29, 1.82) is 0 Å². The Hall–Kier alpha value is -0.420. The van der Waals surface area contributed by atoms with Crippen LogP contribution in [-0.2, 0) is 9.59 Å². The molecule has 78 valence electrons. The lowest BCUT2D eigenvalue weighted by atomic mass is 10.1. The van der Waals surface area contributed by atoms with Gasteiger partial charge in [0.25, 0.3) is 0 Å². The fraction of sp³-hybridized carbons (Fsp3) is 0. The van der Waals surface area contributed by atoms with Crippen molar-refractivity contribution < 1.29 is 19.8 Å². The molecule has 0 aliphatic carbocycles. The van der Waals surface area contributed by atoms with Crippen LogP contribution in [0.1, 0.15) is 0 Å². The monoisotopic (exact) mass is 278 g/mol. The summed E-state index contributed by atoms with van der Waals surface area (Å²) >= 11 is 20.7. The number of carboxylic acid groups (broad SMARTS) is 2. The van der Waals surface area contributed by atoms with E-state index in [2.05, 4.69) is 0 Å². The summed E-state index contributed by atoms with van der Waals surface area (Å²) in [4.78, 5) is 21.1. The molecule has 0 atom stereocenters. The van der Waals surface area contributed by atoms with E-state index in [0.29, 0.717) is 0 Å². The van der Waals surface area contributed by atoms with Gasteiger partial charge < -0.3 is 10.2 Å². The average Bonchev–Trinajstić information content (AvgIpc) is 1.96. The van der Waals surface area contributed by atoms with Crippen LogP contribution in [0, 0.1) is 0 Å². The Balaban J connectivity index is 5.66. The van der Waals surface area contributed by atoms with Crippen LogP contribution in [0.3, 0.4) is 0 Å². The van der Waals surface area contributed by atoms with Crippen LogP contribution in [0.5, 0.6) is 0 Å². The van der Waals surface area contributed by atoms with Crippen molar-refractivity contribution in [2.24, 2.45) is 0 Å². The number of hydrogen-bond acceptors (Lipinski definition) is 2. The highest BCUT2D eigenvalue weighted by atomic mass is 35.5. The van der Waals surface area contributed by atoms with E-state index in [-0.39, 0.29) is 0 Å². The Morgan fingerprint density at radius 2 is 0.929 bits per heavy atom. The van der Waals surface area contributed by atoms with Crippen molar-refractivity contribution in [1.82, 2.24) is 0 Å². The maximum absolute atomic E-state index is 10.5. The molecular weight excluding hydrogens is 278 g/mol. The molecule has 0 aromatic carbocycles. The number of carboxylic acids is 2. The first-order valence-electron chi connectivity index (χ1n) is 2.86. The van der Waals surface area contributed by atoms with Crippen LogP contribution < -0.4 is 0 Å². The summed E-state index contributed by atoms with van der Waals surface area (Å²) in [5.41, 5.74) is -1.72. The third-order valence-corrected chi connectivity index (χ3v) is 1.81. The Labute approximate surface area is 98.3 Å². The Kier molecular flexibility index (Phi) is 5.29. The number of hydrogen-bond donors (Lipinski definition) is 2. The van der Waals surface area contributed by atoms with Crippen LogP contribution in [-0.4, -0.2) is 22.2 Å². The molecule has 0 saturated heterocycles. The average molecular weight is 280 g/mol. The van der Waals surface area contributed by atoms with E-state index in [1.165, 1.54) is 0 Å². The fourth-order valence-electron chi connectivity index (χ4n) is 0.565. The predicted molar refractivity (Wildman–Crippen MR) is 52.7 cm³/mol. The zero-order valence-corrected chi connectivity index (χ0v) is 9.25. The van der Waals surface area contributed by atoms with Gasteiger partial charge in [0, 0.05) is 0 Å². The van der Waals surface area contributed by atoms with Crippen LogP contribution in [0.4, 0.5) is 0 Å². The molecule has 0 fully saturated rings. The molecule has 0 unspecified atom stereocenters. The summed E-state index contributed by atoms with van der Waals surface area (Å²) in [6, 6.07) is 0. The molecule has 0 aromatic rings. The maximum atomic E-state index is 10.5. The second-order valence-corrected chi connectivity index (χ2v) is 3.78. The lowest BCUT2D eigenvalue weighted by Gasteiger charge is -2.03. The van der Waals surface area contributed by atoms with E-state index in [1.807, 2.05) is 0 Å². The molecule has 0 saturated carbocycles. The van der Waals surface area contributed by atoms with E-state index < -0.39 is 32.1 Å². The molecule has 0 radical (unpaired) electrons. The molecule has 0 bridgehead atoms.